The molecular formula is C12H12ClN3. The molecule has 0 aliphatic carbocycles. The molecule has 0 atom stereocenters. The quantitative estimate of drug-likeness (QED) is 0.863. The van der Waals surface area contributed by atoms with Gasteiger partial charge in [-0.2, -0.15) is 0 Å². The van der Waals surface area contributed by atoms with E-state index in [1.165, 1.54) is 0 Å². The third kappa shape index (κ3) is 1.62. The Labute approximate surface area is 99.1 Å². The summed E-state index contributed by atoms with van der Waals surface area (Å²) in [5, 5.41) is 4.02. The monoisotopic (exact) mass is 233 g/mol. The number of aromatic nitrogens is 2. The van der Waals surface area contributed by atoms with E-state index < -0.39 is 0 Å². The molecule has 1 aliphatic heterocycles. The number of rotatable bonds is 2. The highest BCUT2D eigenvalue weighted by Crippen LogP contribution is 2.24. The number of halogens is 1. The molecule has 0 radical (unpaired) electrons. The van der Waals surface area contributed by atoms with Gasteiger partial charge in [0.15, 0.2) is 0 Å². The molecule has 16 heavy (non-hydrogen) atoms. The lowest BCUT2D eigenvalue weighted by Gasteiger charge is -2.29. The van der Waals surface area contributed by atoms with Gasteiger partial charge in [-0.05, 0) is 24.3 Å². The van der Waals surface area contributed by atoms with Gasteiger partial charge in [0.25, 0.3) is 0 Å². The summed E-state index contributed by atoms with van der Waals surface area (Å²) in [6.45, 7) is 2.05. The average Bonchev–Trinajstić information content (AvgIpc) is 2.65. The fourth-order valence-electron chi connectivity index (χ4n) is 1.90. The van der Waals surface area contributed by atoms with Gasteiger partial charge < -0.3 is 9.88 Å². The Morgan fingerprint density at radius 2 is 2.00 bits per heavy atom. The van der Waals surface area contributed by atoms with Crippen LogP contribution in [0.15, 0.2) is 36.7 Å². The van der Waals surface area contributed by atoms with Crippen LogP contribution < -0.4 is 5.32 Å². The van der Waals surface area contributed by atoms with E-state index in [2.05, 4.69) is 14.9 Å². The van der Waals surface area contributed by atoms with Gasteiger partial charge in [0, 0.05) is 36.1 Å². The first-order chi connectivity index (χ1) is 7.84. The van der Waals surface area contributed by atoms with Crippen molar-refractivity contribution in [1.82, 2.24) is 14.9 Å². The second-order valence-corrected chi connectivity index (χ2v) is 4.41. The van der Waals surface area contributed by atoms with Crippen molar-refractivity contribution < 1.29 is 0 Å². The predicted molar refractivity (Wildman–Crippen MR) is 64.6 cm³/mol. The topological polar surface area (TPSA) is 29.9 Å². The van der Waals surface area contributed by atoms with Crippen molar-refractivity contribution in [2.75, 3.05) is 13.1 Å². The second-order valence-electron chi connectivity index (χ2n) is 3.98. The maximum Gasteiger partial charge on any atom is 0.140 e. The lowest BCUT2D eigenvalue weighted by Crippen LogP contribution is -2.43. The summed E-state index contributed by atoms with van der Waals surface area (Å²) < 4.78 is 2.22. The van der Waals surface area contributed by atoms with E-state index in [-0.39, 0.29) is 0 Å². The van der Waals surface area contributed by atoms with Crippen LogP contribution in [0.3, 0.4) is 0 Å². The molecule has 1 aromatic heterocycles. The number of benzene rings is 1. The van der Waals surface area contributed by atoms with Crippen molar-refractivity contribution >= 4 is 11.6 Å². The molecule has 4 heteroatoms. The molecule has 1 aliphatic rings. The summed E-state index contributed by atoms with van der Waals surface area (Å²) in [6.07, 6.45) is 3.89. The highest BCUT2D eigenvalue weighted by Gasteiger charge is 2.21. The summed E-state index contributed by atoms with van der Waals surface area (Å²) in [6, 6.07) is 8.35. The molecule has 3 rings (SSSR count). The summed E-state index contributed by atoms with van der Waals surface area (Å²) >= 11 is 5.88. The maximum absolute atomic E-state index is 5.88. The Balaban J connectivity index is 1.99. The lowest BCUT2D eigenvalue weighted by molar-refractivity contribution is 0.346. The van der Waals surface area contributed by atoms with Gasteiger partial charge in [0.2, 0.25) is 0 Å². The van der Waals surface area contributed by atoms with Crippen molar-refractivity contribution in [3.8, 4) is 11.4 Å². The molecule has 3 nitrogen and oxygen atoms in total. The molecular weight excluding hydrogens is 222 g/mol. The van der Waals surface area contributed by atoms with Crippen molar-refractivity contribution in [1.29, 1.82) is 0 Å². The number of hydrogen-bond donors (Lipinski definition) is 1. The van der Waals surface area contributed by atoms with Crippen LogP contribution in [0, 0.1) is 0 Å². The van der Waals surface area contributed by atoms with Crippen molar-refractivity contribution in [3.05, 3.63) is 41.7 Å². The van der Waals surface area contributed by atoms with E-state index in [0.29, 0.717) is 6.04 Å². The zero-order chi connectivity index (χ0) is 11.0. The van der Waals surface area contributed by atoms with Crippen molar-refractivity contribution in [2.24, 2.45) is 0 Å². The van der Waals surface area contributed by atoms with Crippen LogP contribution in [-0.2, 0) is 0 Å². The van der Waals surface area contributed by atoms with E-state index in [1.54, 1.807) is 0 Å². The third-order valence-corrected chi connectivity index (χ3v) is 3.18. The molecule has 0 amide bonds. The first-order valence-corrected chi connectivity index (χ1v) is 5.72. The number of hydrogen-bond acceptors (Lipinski definition) is 2. The molecule has 1 N–H and O–H groups in total. The van der Waals surface area contributed by atoms with Crippen LogP contribution in [0.4, 0.5) is 0 Å². The summed E-state index contributed by atoms with van der Waals surface area (Å²) in [5.74, 6) is 1.02. The van der Waals surface area contributed by atoms with Gasteiger partial charge in [0.1, 0.15) is 5.82 Å². The van der Waals surface area contributed by atoms with Gasteiger partial charge >= 0.3 is 0 Å². The van der Waals surface area contributed by atoms with Gasteiger partial charge in [-0.1, -0.05) is 11.6 Å². The standard InChI is InChI=1S/C12H12ClN3/c13-10-3-1-9(2-4-10)12-15-5-6-16(12)11-7-14-8-11/h1-6,11,14H,7-8H2. The van der Waals surface area contributed by atoms with Crippen LogP contribution in [0.5, 0.6) is 0 Å². The summed E-state index contributed by atoms with van der Waals surface area (Å²) in [5.41, 5.74) is 1.11. The Bertz CT molecular complexity index is 485. The van der Waals surface area contributed by atoms with E-state index in [4.69, 9.17) is 11.6 Å². The SMILES string of the molecule is Clc1ccc(-c2nccn2C2CNC2)cc1. The minimum Gasteiger partial charge on any atom is -0.325 e. The van der Waals surface area contributed by atoms with E-state index >= 15 is 0 Å². The van der Waals surface area contributed by atoms with Gasteiger partial charge in [-0.15, -0.1) is 0 Å². The first kappa shape index (κ1) is 9.87. The van der Waals surface area contributed by atoms with Crippen molar-refractivity contribution in [2.45, 2.75) is 6.04 Å². The fourth-order valence-corrected chi connectivity index (χ4v) is 2.03. The highest BCUT2D eigenvalue weighted by molar-refractivity contribution is 6.30. The number of nitrogens with zero attached hydrogens (tertiary/aromatic N) is 2. The smallest absolute Gasteiger partial charge is 0.140 e. The van der Waals surface area contributed by atoms with Gasteiger partial charge in [0.05, 0.1) is 6.04 Å². The van der Waals surface area contributed by atoms with Crippen LogP contribution in [0.2, 0.25) is 5.02 Å². The molecule has 1 aromatic carbocycles. The Hall–Kier alpha value is -1.32. The summed E-state index contributed by atoms with van der Waals surface area (Å²) in [4.78, 5) is 4.41. The average molecular weight is 234 g/mol. The Morgan fingerprint density at radius 1 is 1.25 bits per heavy atom. The number of nitrogens with one attached hydrogen (secondary N) is 1. The zero-order valence-corrected chi connectivity index (χ0v) is 9.48. The van der Waals surface area contributed by atoms with Crippen LogP contribution in [0.1, 0.15) is 6.04 Å². The predicted octanol–water partition coefficient (Wildman–Crippen LogP) is 2.35. The van der Waals surface area contributed by atoms with E-state index in [0.717, 1.165) is 29.5 Å². The zero-order valence-electron chi connectivity index (χ0n) is 8.73. The number of imidazole rings is 1. The second kappa shape index (κ2) is 3.92. The third-order valence-electron chi connectivity index (χ3n) is 2.92. The normalized spacial score (nSPS) is 16.1. The molecule has 82 valence electrons. The minimum absolute atomic E-state index is 0.535. The fraction of sp³-hybridized carbons (Fsp3) is 0.250. The minimum atomic E-state index is 0.535. The van der Waals surface area contributed by atoms with Gasteiger partial charge in [-0.25, -0.2) is 4.98 Å². The molecule has 1 saturated heterocycles. The molecule has 0 spiro atoms. The summed E-state index contributed by atoms with van der Waals surface area (Å²) in [7, 11) is 0. The maximum atomic E-state index is 5.88. The molecule has 2 aromatic rings. The van der Waals surface area contributed by atoms with Crippen LogP contribution in [0.25, 0.3) is 11.4 Å². The van der Waals surface area contributed by atoms with Gasteiger partial charge in [-0.3, -0.25) is 0 Å². The molecule has 0 saturated carbocycles. The lowest BCUT2D eigenvalue weighted by atomic mass is 10.1. The molecule has 0 bridgehead atoms. The largest absolute Gasteiger partial charge is 0.325 e. The molecule has 1 fully saturated rings. The molecule has 2 heterocycles. The Morgan fingerprint density at radius 3 is 2.62 bits per heavy atom. The van der Waals surface area contributed by atoms with Crippen LogP contribution in [-0.4, -0.2) is 22.6 Å². The molecule has 0 unspecified atom stereocenters. The van der Waals surface area contributed by atoms with E-state index in [1.807, 2.05) is 36.7 Å². The highest BCUT2D eigenvalue weighted by atomic mass is 35.5. The first-order valence-electron chi connectivity index (χ1n) is 5.34. The van der Waals surface area contributed by atoms with Crippen molar-refractivity contribution in [3.63, 3.8) is 0 Å². The Kier molecular flexibility index (Phi) is 2.42. The van der Waals surface area contributed by atoms with Crippen LogP contribution >= 0.6 is 11.6 Å². The van der Waals surface area contributed by atoms with E-state index in [9.17, 15) is 0 Å².